The fourth-order valence-electron chi connectivity index (χ4n) is 3.79. The summed E-state index contributed by atoms with van der Waals surface area (Å²) in [7, 11) is 2.03. The lowest BCUT2D eigenvalue weighted by Crippen LogP contribution is -2.27. The van der Waals surface area contributed by atoms with E-state index >= 15 is 0 Å². The molecule has 1 aliphatic carbocycles. The van der Waals surface area contributed by atoms with Crippen molar-refractivity contribution in [1.82, 2.24) is 9.55 Å². The third-order valence-corrected chi connectivity index (χ3v) is 5.61. The van der Waals surface area contributed by atoms with Gasteiger partial charge < -0.3 is 14.0 Å². The molecular formula is C24H32N2O3. The number of aromatic nitrogens is 2. The number of nitrogens with zero attached hydrogens (tertiary/aromatic N) is 2. The minimum Gasteiger partial charge on any atom is -0.494 e. The van der Waals surface area contributed by atoms with E-state index in [1.165, 1.54) is 16.7 Å². The number of carbonyl (C=O) groups is 1. The molecule has 0 saturated heterocycles. The predicted molar refractivity (Wildman–Crippen MR) is 116 cm³/mol. The Morgan fingerprint density at radius 3 is 2.83 bits per heavy atom. The van der Waals surface area contributed by atoms with Gasteiger partial charge in [-0.15, -0.1) is 0 Å². The molecule has 0 aliphatic heterocycles. The fraction of sp³-hybridized carbons (Fsp3) is 0.500. The fourth-order valence-corrected chi connectivity index (χ4v) is 3.79. The molecule has 0 bridgehead atoms. The standard InChI is InChI=1S/C24H32N2O3/c1-6-28-23(27)24(3,4)10-7-13-29-20-9-8-18-14-17(2)21(16-19(18)15-20)22-25-11-12-26(22)5/h8-9,11-12,15-17H,6-7,10,13-14H2,1-5H3. The summed E-state index contributed by atoms with van der Waals surface area (Å²) in [5, 5.41) is 0. The molecule has 1 aromatic heterocycles. The molecular weight excluding hydrogens is 364 g/mol. The molecule has 1 aromatic carbocycles. The van der Waals surface area contributed by atoms with Crippen molar-refractivity contribution in [3.63, 3.8) is 0 Å². The van der Waals surface area contributed by atoms with Crippen LogP contribution in [0.4, 0.5) is 0 Å². The third-order valence-electron chi connectivity index (χ3n) is 5.61. The van der Waals surface area contributed by atoms with Gasteiger partial charge in [-0.25, -0.2) is 4.98 Å². The van der Waals surface area contributed by atoms with E-state index in [1.807, 2.05) is 46.3 Å². The smallest absolute Gasteiger partial charge is 0.311 e. The third kappa shape index (κ3) is 4.89. The van der Waals surface area contributed by atoms with Crippen molar-refractivity contribution in [2.75, 3.05) is 13.2 Å². The van der Waals surface area contributed by atoms with Crippen molar-refractivity contribution in [1.29, 1.82) is 0 Å². The second-order valence-electron chi connectivity index (χ2n) is 8.48. The zero-order valence-corrected chi connectivity index (χ0v) is 18.2. The van der Waals surface area contributed by atoms with Crippen LogP contribution < -0.4 is 4.74 Å². The van der Waals surface area contributed by atoms with Crippen molar-refractivity contribution in [2.45, 2.75) is 47.0 Å². The zero-order chi connectivity index (χ0) is 21.0. The summed E-state index contributed by atoms with van der Waals surface area (Å²) in [6.45, 7) is 8.93. The molecule has 1 unspecified atom stereocenters. The molecule has 5 heteroatoms. The Labute approximate surface area is 173 Å². The van der Waals surface area contributed by atoms with Crippen molar-refractivity contribution in [3.8, 4) is 5.75 Å². The average Bonchev–Trinajstić information content (AvgIpc) is 3.10. The van der Waals surface area contributed by atoms with E-state index in [0.717, 1.165) is 30.8 Å². The Kier molecular flexibility index (Phi) is 6.46. The van der Waals surface area contributed by atoms with Gasteiger partial charge in [-0.05, 0) is 80.9 Å². The molecule has 156 valence electrons. The van der Waals surface area contributed by atoms with Crippen LogP contribution in [0.5, 0.6) is 5.75 Å². The van der Waals surface area contributed by atoms with Crippen LogP contribution in [0.3, 0.4) is 0 Å². The van der Waals surface area contributed by atoms with E-state index in [-0.39, 0.29) is 5.97 Å². The molecule has 3 rings (SSSR count). The molecule has 0 spiro atoms. The molecule has 29 heavy (non-hydrogen) atoms. The Hall–Kier alpha value is -2.56. The van der Waals surface area contributed by atoms with Crippen LogP contribution in [-0.2, 0) is 23.0 Å². The van der Waals surface area contributed by atoms with Crippen LogP contribution >= 0.6 is 0 Å². The highest BCUT2D eigenvalue weighted by atomic mass is 16.5. The van der Waals surface area contributed by atoms with Crippen LogP contribution in [0, 0.1) is 11.3 Å². The van der Waals surface area contributed by atoms with Crippen molar-refractivity contribution < 1.29 is 14.3 Å². The number of hydrogen-bond acceptors (Lipinski definition) is 4. The highest BCUT2D eigenvalue weighted by molar-refractivity contribution is 5.83. The van der Waals surface area contributed by atoms with Gasteiger partial charge in [-0.2, -0.15) is 0 Å². The summed E-state index contributed by atoms with van der Waals surface area (Å²) in [5.74, 6) is 2.17. The molecule has 5 nitrogen and oxygen atoms in total. The maximum absolute atomic E-state index is 12.0. The van der Waals surface area contributed by atoms with E-state index < -0.39 is 5.41 Å². The average molecular weight is 397 g/mol. The van der Waals surface area contributed by atoms with Gasteiger partial charge in [0, 0.05) is 19.4 Å². The van der Waals surface area contributed by atoms with Crippen LogP contribution in [0.15, 0.2) is 30.6 Å². The Morgan fingerprint density at radius 2 is 2.14 bits per heavy atom. The van der Waals surface area contributed by atoms with Crippen molar-refractivity contribution in [3.05, 3.63) is 47.5 Å². The molecule has 0 radical (unpaired) electrons. The summed E-state index contributed by atoms with van der Waals surface area (Å²) in [6.07, 6.45) is 8.60. The molecule has 0 saturated carbocycles. The maximum atomic E-state index is 12.0. The van der Waals surface area contributed by atoms with Crippen LogP contribution in [0.25, 0.3) is 11.6 Å². The number of rotatable bonds is 8. The first-order valence-electron chi connectivity index (χ1n) is 10.4. The van der Waals surface area contributed by atoms with Gasteiger partial charge in [0.05, 0.1) is 18.6 Å². The van der Waals surface area contributed by atoms with Gasteiger partial charge in [0.15, 0.2) is 0 Å². The van der Waals surface area contributed by atoms with Crippen LogP contribution in [0.1, 0.15) is 57.5 Å². The van der Waals surface area contributed by atoms with E-state index in [4.69, 9.17) is 9.47 Å². The number of aryl methyl sites for hydroxylation is 1. The molecule has 0 amide bonds. The number of imidazole rings is 1. The number of benzene rings is 1. The van der Waals surface area contributed by atoms with E-state index in [0.29, 0.717) is 19.1 Å². The quantitative estimate of drug-likeness (QED) is 0.470. The summed E-state index contributed by atoms with van der Waals surface area (Å²) >= 11 is 0. The minimum absolute atomic E-state index is 0.144. The number of esters is 1. The zero-order valence-electron chi connectivity index (χ0n) is 18.2. The lowest BCUT2D eigenvalue weighted by Gasteiger charge is -2.24. The molecule has 1 atom stereocenters. The number of hydrogen-bond donors (Lipinski definition) is 0. The Bertz CT molecular complexity index is 895. The monoisotopic (exact) mass is 396 g/mol. The Balaban J connectivity index is 1.64. The first-order chi connectivity index (χ1) is 13.8. The topological polar surface area (TPSA) is 53.4 Å². The highest BCUT2D eigenvalue weighted by Crippen LogP contribution is 2.35. The molecule has 2 aromatic rings. The minimum atomic E-state index is -0.481. The molecule has 0 N–H and O–H groups in total. The number of ether oxygens (including phenoxy) is 2. The normalized spacial score (nSPS) is 16.2. The van der Waals surface area contributed by atoms with E-state index in [2.05, 4.69) is 34.7 Å². The lowest BCUT2D eigenvalue weighted by molar-refractivity contribution is -0.153. The second-order valence-corrected chi connectivity index (χ2v) is 8.48. The van der Waals surface area contributed by atoms with Gasteiger partial charge in [0.1, 0.15) is 11.6 Å². The maximum Gasteiger partial charge on any atom is 0.311 e. The van der Waals surface area contributed by atoms with Gasteiger partial charge in [0.25, 0.3) is 0 Å². The summed E-state index contributed by atoms with van der Waals surface area (Å²) in [4.78, 5) is 16.5. The molecule has 0 fully saturated rings. The number of fused-ring (bicyclic) bond motifs is 1. The molecule has 1 heterocycles. The van der Waals surface area contributed by atoms with E-state index in [9.17, 15) is 4.79 Å². The van der Waals surface area contributed by atoms with Crippen LogP contribution in [-0.4, -0.2) is 28.7 Å². The highest BCUT2D eigenvalue weighted by Gasteiger charge is 2.28. The van der Waals surface area contributed by atoms with Crippen molar-refractivity contribution >= 4 is 17.6 Å². The largest absolute Gasteiger partial charge is 0.494 e. The SMILES string of the molecule is CCOC(=O)C(C)(C)CCCOc1ccc2c(c1)C=C(c1nccn1C)C(C)C2. The summed E-state index contributed by atoms with van der Waals surface area (Å²) in [5.41, 5.74) is 3.32. The van der Waals surface area contributed by atoms with Gasteiger partial charge in [0.2, 0.25) is 0 Å². The van der Waals surface area contributed by atoms with Gasteiger partial charge in [-0.3, -0.25) is 4.79 Å². The summed E-state index contributed by atoms with van der Waals surface area (Å²) in [6, 6.07) is 6.32. The van der Waals surface area contributed by atoms with Crippen LogP contribution in [0.2, 0.25) is 0 Å². The van der Waals surface area contributed by atoms with E-state index in [1.54, 1.807) is 0 Å². The predicted octanol–water partition coefficient (Wildman–Crippen LogP) is 4.90. The van der Waals surface area contributed by atoms with Crippen molar-refractivity contribution in [2.24, 2.45) is 18.4 Å². The van der Waals surface area contributed by atoms with Gasteiger partial charge in [-0.1, -0.05) is 13.0 Å². The van der Waals surface area contributed by atoms with Gasteiger partial charge >= 0.3 is 5.97 Å². The molecule has 1 aliphatic rings. The second kappa shape index (κ2) is 8.85. The number of allylic oxidation sites excluding steroid dienone is 1. The first-order valence-corrected chi connectivity index (χ1v) is 10.4. The number of carbonyl (C=O) groups excluding carboxylic acids is 1. The lowest BCUT2D eigenvalue weighted by atomic mass is 9.84. The summed E-state index contributed by atoms with van der Waals surface area (Å²) < 4.78 is 13.2. The first kappa shape index (κ1) is 21.2. The Morgan fingerprint density at radius 1 is 1.34 bits per heavy atom.